The lowest BCUT2D eigenvalue weighted by Crippen LogP contribution is -2.58. The maximum absolute atomic E-state index is 13.2. The molecule has 1 fully saturated rings. The quantitative estimate of drug-likeness (QED) is 0.772. The molecule has 0 aromatic heterocycles. The van der Waals surface area contributed by atoms with Gasteiger partial charge in [-0.2, -0.15) is 13.2 Å². The lowest BCUT2D eigenvalue weighted by atomic mass is 9.91. The predicted octanol–water partition coefficient (Wildman–Crippen LogP) is 1.54. The van der Waals surface area contributed by atoms with Gasteiger partial charge in [0.05, 0.1) is 0 Å². The average molecular weight is 281 g/mol. The van der Waals surface area contributed by atoms with Gasteiger partial charge in [-0.1, -0.05) is 11.6 Å². The van der Waals surface area contributed by atoms with Gasteiger partial charge in [0.25, 0.3) is 5.91 Å². The molecule has 1 rings (SSSR count). The Kier molecular flexibility index (Phi) is 5.37. The van der Waals surface area contributed by atoms with E-state index < -0.39 is 24.1 Å². The Balaban J connectivity index is 3.10. The second-order valence-electron chi connectivity index (χ2n) is 4.41. The molecule has 1 atom stereocenters. The van der Waals surface area contributed by atoms with E-state index in [1.165, 1.54) is 0 Å². The molecular weight excluding hydrogens is 263 g/mol. The summed E-state index contributed by atoms with van der Waals surface area (Å²) in [6, 6.07) is 0. The van der Waals surface area contributed by atoms with Gasteiger partial charge < -0.3 is 15.2 Å². The van der Waals surface area contributed by atoms with Gasteiger partial charge in [0, 0.05) is 26.7 Å². The molecule has 1 saturated heterocycles. The van der Waals surface area contributed by atoms with Gasteiger partial charge in [-0.3, -0.25) is 4.79 Å². The first-order valence-electron chi connectivity index (χ1n) is 6.09. The van der Waals surface area contributed by atoms with Gasteiger partial charge in [0.1, 0.15) is 0 Å². The standard InChI is InChI=1S/C12H18F3NO3/c1-16-10(18)11(12(13,14)15)8-9(4-2-6-17)5-3-7-19-11/h4,17H,2-3,5-8H2,1H3,(H,16,18)/b9-4+. The Morgan fingerprint density at radius 2 is 2.26 bits per heavy atom. The summed E-state index contributed by atoms with van der Waals surface area (Å²) in [4.78, 5) is 11.7. The second kappa shape index (κ2) is 6.38. The molecule has 0 saturated carbocycles. The molecule has 1 amide bonds. The van der Waals surface area contributed by atoms with Crippen molar-refractivity contribution in [2.24, 2.45) is 0 Å². The first-order chi connectivity index (χ1) is 8.87. The van der Waals surface area contributed by atoms with Crippen LogP contribution in [0.4, 0.5) is 13.2 Å². The molecule has 1 unspecified atom stereocenters. The molecule has 4 nitrogen and oxygen atoms in total. The van der Waals surface area contributed by atoms with Crippen molar-refractivity contribution in [2.45, 2.75) is 37.5 Å². The van der Waals surface area contributed by atoms with Crippen molar-refractivity contribution < 1.29 is 27.8 Å². The number of hydrogen-bond donors (Lipinski definition) is 2. The second-order valence-corrected chi connectivity index (χ2v) is 4.41. The maximum atomic E-state index is 13.2. The fourth-order valence-electron chi connectivity index (χ4n) is 2.11. The highest BCUT2D eigenvalue weighted by molar-refractivity contribution is 5.86. The van der Waals surface area contributed by atoms with E-state index in [0.29, 0.717) is 18.4 Å². The van der Waals surface area contributed by atoms with Crippen LogP contribution in [0.15, 0.2) is 11.6 Å². The summed E-state index contributed by atoms with van der Waals surface area (Å²) in [5, 5.41) is 10.8. The number of halogens is 3. The van der Waals surface area contributed by atoms with E-state index in [-0.39, 0.29) is 19.6 Å². The van der Waals surface area contributed by atoms with E-state index in [9.17, 15) is 18.0 Å². The van der Waals surface area contributed by atoms with E-state index in [0.717, 1.165) is 7.05 Å². The SMILES string of the molecule is CNC(=O)C1(C(F)(F)F)C/C(=C/CCO)CCCO1. The van der Waals surface area contributed by atoms with Crippen molar-refractivity contribution in [3.05, 3.63) is 11.6 Å². The Bertz CT molecular complexity index is 355. The van der Waals surface area contributed by atoms with E-state index in [4.69, 9.17) is 9.84 Å². The minimum absolute atomic E-state index is 0.122. The van der Waals surface area contributed by atoms with Crippen LogP contribution in [0.25, 0.3) is 0 Å². The van der Waals surface area contributed by atoms with E-state index >= 15 is 0 Å². The van der Waals surface area contributed by atoms with E-state index in [2.05, 4.69) is 0 Å². The number of amides is 1. The van der Waals surface area contributed by atoms with Gasteiger partial charge in [-0.05, 0) is 19.3 Å². The van der Waals surface area contributed by atoms with E-state index in [1.54, 1.807) is 6.08 Å². The minimum Gasteiger partial charge on any atom is -0.396 e. The Morgan fingerprint density at radius 3 is 2.79 bits per heavy atom. The van der Waals surface area contributed by atoms with Crippen LogP contribution in [0, 0.1) is 0 Å². The number of likely N-dealkylation sites (N-methyl/N-ethyl adjacent to an activating group) is 1. The molecule has 110 valence electrons. The largest absolute Gasteiger partial charge is 0.426 e. The van der Waals surface area contributed by atoms with Crippen LogP contribution in [-0.4, -0.2) is 43.1 Å². The molecule has 7 heteroatoms. The van der Waals surface area contributed by atoms with Crippen LogP contribution in [0.1, 0.15) is 25.7 Å². The number of aliphatic hydroxyl groups is 1. The van der Waals surface area contributed by atoms with Crippen LogP contribution in [0.5, 0.6) is 0 Å². The predicted molar refractivity (Wildman–Crippen MR) is 62.4 cm³/mol. The van der Waals surface area contributed by atoms with Gasteiger partial charge in [0.2, 0.25) is 5.60 Å². The summed E-state index contributed by atoms with van der Waals surface area (Å²) < 4.78 is 44.6. The molecule has 1 aliphatic heterocycles. The summed E-state index contributed by atoms with van der Waals surface area (Å²) in [6.45, 7) is -0.257. The van der Waals surface area contributed by atoms with Crippen molar-refractivity contribution >= 4 is 5.91 Å². The first-order valence-corrected chi connectivity index (χ1v) is 6.09. The van der Waals surface area contributed by atoms with Crippen molar-refractivity contribution in [1.29, 1.82) is 0 Å². The Morgan fingerprint density at radius 1 is 1.58 bits per heavy atom. The smallest absolute Gasteiger partial charge is 0.396 e. The molecule has 0 aromatic carbocycles. The molecule has 19 heavy (non-hydrogen) atoms. The van der Waals surface area contributed by atoms with Crippen LogP contribution >= 0.6 is 0 Å². The average Bonchev–Trinajstić information content (AvgIpc) is 2.58. The van der Waals surface area contributed by atoms with Crippen molar-refractivity contribution in [2.75, 3.05) is 20.3 Å². The van der Waals surface area contributed by atoms with Crippen molar-refractivity contribution in [3.63, 3.8) is 0 Å². The van der Waals surface area contributed by atoms with Gasteiger partial charge >= 0.3 is 6.18 Å². The summed E-state index contributed by atoms with van der Waals surface area (Å²) in [7, 11) is 1.15. The molecule has 0 bridgehead atoms. The number of alkyl halides is 3. The van der Waals surface area contributed by atoms with Gasteiger partial charge in [-0.15, -0.1) is 0 Å². The number of ether oxygens (including phenoxy) is 1. The lowest BCUT2D eigenvalue weighted by Gasteiger charge is -2.32. The maximum Gasteiger partial charge on any atom is 0.426 e. The fourth-order valence-corrected chi connectivity index (χ4v) is 2.11. The third-order valence-electron chi connectivity index (χ3n) is 3.08. The summed E-state index contributed by atoms with van der Waals surface area (Å²) >= 11 is 0. The zero-order valence-corrected chi connectivity index (χ0v) is 10.7. The number of rotatable bonds is 3. The highest BCUT2D eigenvalue weighted by atomic mass is 19.4. The molecule has 1 aliphatic rings. The Hall–Kier alpha value is -1.08. The molecule has 0 radical (unpaired) electrons. The fraction of sp³-hybridized carbons (Fsp3) is 0.750. The number of carbonyl (C=O) groups is 1. The summed E-state index contributed by atoms with van der Waals surface area (Å²) in [6.07, 6.45) is -2.61. The molecular formula is C12H18F3NO3. The molecule has 0 aliphatic carbocycles. The van der Waals surface area contributed by atoms with Gasteiger partial charge in [0.15, 0.2) is 0 Å². The lowest BCUT2D eigenvalue weighted by molar-refractivity contribution is -0.265. The first kappa shape index (κ1) is 16.0. The van der Waals surface area contributed by atoms with Crippen LogP contribution in [-0.2, 0) is 9.53 Å². The van der Waals surface area contributed by atoms with Gasteiger partial charge in [-0.25, -0.2) is 0 Å². The highest BCUT2D eigenvalue weighted by Crippen LogP contribution is 2.41. The molecule has 1 heterocycles. The van der Waals surface area contributed by atoms with Crippen molar-refractivity contribution in [3.8, 4) is 0 Å². The monoisotopic (exact) mass is 281 g/mol. The molecule has 2 N–H and O–H groups in total. The third kappa shape index (κ3) is 3.48. The molecule has 0 spiro atoms. The topological polar surface area (TPSA) is 58.6 Å². The highest BCUT2D eigenvalue weighted by Gasteiger charge is 2.62. The zero-order valence-electron chi connectivity index (χ0n) is 10.7. The Labute approximate surface area is 109 Å². The zero-order chi connectivity index (χ0) is 14.5. The number of nitrogens with one attached hydrogen (secondary N) is 1. The third-order valence-corrected chi connectivity index (χ3v) is 3.08. The number of hydrogen-bond acceptors (Lipinski definition) is 3. The van der Waals surface area contributed by atoms with E-state index in [1.807, 2.05) is 5.32 Å². The minimum atomic E-state index is -4.78. The van der Waals surface area contributed by atoms with Crippen LogP contribution in [0.3, 0.4) is 0 Å². The molecule has 0 aromatic rings. The normalized spacial score (nSPS) is 27.1. The summed E-state index contributed by atoms with van der Waals surface area (Å²) in [5.74, 6) is -1.18. The summed E-state index contributed by atoms with van der Waals surface area (Å²) in [5.41, 5.74) is -2.33. The van der Waals surface area contributed by atoms with Crippen LogP contribution < -0.4 is 5.32 Å². The number of carbonyl (C=O) groups excluding carboxylic acids is 1. The number of aliphatic hydroxyl groups excluding tert-OH is 1. The van der Waals surface area contributed by atoms with Crippen LogP contribution in [0.2, 0.25) is 0 Å². The van der Waals surface area contributed by atoms with Crippen molar-refractivity contribution in [1.82, 2.24) is 5.32 Å².